The maximum Gasteiger partial charge on any atom is 0.234 e. The van der Waals surface area contributed by atoms with Gasteiger partial charge in [0.2, 0.25) is 5.91 Å². The standard InChI is InChI=1S/C17H28N2O3/c1-13(15-9-6-10-22-15)19-16(21)11-18-17(2,12-20)14-7-4-3-5-8-14/h6,9-10,13-14,18,20H,3-5,7-8,11-12H2,1-2H3,(H,19,21). The Hall–Kier alpha value is -1.33. The van der Waals surface area contributed by atoms with Gasteiger partial charge in [-0.3, -0.25) is 4.79 Å². The highest BCUT2D eigenvalue weighted by Crippen LogP contribution is 2.32. The van der Waals surface area contributed by atoms with Crippen LogP contribution in [0.15, 0.2) is 22.8 Å². The molecule has 3 N–H and O–H groups in total. The lowest BCUT2D eigenvalue weighted by Crippen LogP contribution is -2.55. The Bertz CT molecular complexity index is 454. The molecule has 1 amide bonds. The van der Waals surface area contributed by atoms with Crippen LogP contribution in [0.2, 0.25) is 0 Å². The SMILES string of the molecule is CC(NC(=O)CNC(C)(CO)C1CCCCC1)c1ccco1. The normalized spacial score (nSPS) is 20.3. The lowest BCUT2D eigenvalue weighted by Gasteiger charge is -2.39. The third-order valence-electron chi connectivity index (χ3n) is 4.83. The number of aliphatic hydroxyl groups is 1. The molecule has 2 unspecified atom stereocenters. The molecule has 1 aromatic rings. The minimum atomic E-state index is -0.383. The molecule has 1 fully saturated rings. The van der Waals surface area contributed by atoms with Crippen LogP contribution in [0.4, 0.5) is 0 Å². The quantitative estimate of drug-likeness (QED) is 0.723. The molecule has 2 atom stereocenters. The summed E-state index contributed by atoms with van der Waals surface area (Å²) in [5.74, 6) is 1.09. The summed E-state index contributed by atoms with van der Waals surface area (Å²) in [5, 5.41) is 16.0. The predicted molar refractivity (Wildman–Crippen MR) is 85.3 cm³/mol. The molecule has 1 aliphatic rings. The smallest absolute Gasteiger partial charge is 0.234 e. The van der Waals surface area contributed by atoms with Crippen molar-refractivity contribution < 1.29 is 14.3 Å². The van der Waals surface area contributed by atoms with Crippen molar-refractivity contribution in [1.82, 2.24) is 10.6 Å². The number of nitrogens with one attached hydrogen (secondary N) is 2. The Labute approximate surface area is 132 Å². The van der Waals surface area contributed by atoms with Gasteiger partial charge in [-0.15, -0.1) is 0 Å². The molecule has 2 rings (SSSR count). The molecule has 5 heteroatoms. The second-order valence-electron chi connectivity index (χ2n) is 6.57. The van der Waals surface area contributed by atoms with Crippen molar-refractivity contribution >= 4 is 5.91 Å². The van der Waals surface area contributed by atoms with Crippen LogP contribution < -0.4 is 10.6 Å². The van der Waals surface area contributed by atoms with Crippen LogP contribution in [-0.2, 0) is 4.79 Å². The third kappa shape index (κ3) is 4.34. The van der Waals surface area contributed by atoms with E-state index in [9.17, 15) is 9.90 Å². The zero-order valence-electron chi connectivity index (χ0n) is 13.6. The van der Waals surface area contributed by atoms with Gasteiger partial charge in [0.05, 0.1) is 25.5 Å². The van der Waals surface area contributed by atoms with Crippen molar-refractivity contribution in [2.45, 2.75) is 57.5 Å². The maximum atomic E-state index is 12.1. The summed E-state index contributed by atoms with van der Waals surface area (Å²) in [7, 11) is 0. The van der Waals surface area contributed by atoms with Crippen LogP contribution in [0.25, 0.3) is 0 Å². The molecule has 22 heavy (non-hydrogen) atoms. The monoisotopic (exact) mass is 308 g/mol. The van der Waals surface area contributed by atoms with Gasteiger partial charge in [0.15, 0.2) is 0 Å². The summed E-state index contributed by atoms with van der Waals surface area (Å²) < 4.78 is 5.28. The van der Waals surface area contributed by atoms with E-state index in [4.69, 9.17) is 4.42 Å². The first-order valence-electron chi connectivity index (χ1n) is 8.24. The summed E-state index contributed by atoms with van der Waals surface area (Å²) in [5.41, 5.74) is -0.383. The van der Waals surface area contributed by atoms with Gasteiger partial charge in [-0.2, -0.15) is 0 Å². The van der Waals surface area contributed by atoms with E-state index in [1.807, 2.05) is 26.0 Å². The van der Waals surface area contributed by atoms with Crippen LogP contribution in [0.1, 0.15) is 57.8 Å². The van der Waals surface area contributed by atoms with Gasteiger partial charge in [-0.1, -0.05) is 19.3 Å². The Morgan fingerprint density at radius 1 is 1.45 bits per heavy atom. The van der Waals surface area contributed by atoms with Gasteiger partial charge in [-0.25, -0.2) is 0 Å². The Morgan fingerprint density at radius 3 is 2.77 bits per heavy atom. The van der Waals surface area contributed by atoms with Gasteiger partial charge < -0.3 is 20.2 Å². The van der Waals surface area contributed by atoms with Crippen LogP contribution >= 0.6 is 0 Å². The number of carbonyl (C=O) groups is 1. The van der Waals surface area contributed by atoms with Crippen molar-refractivity contribution in [2.24, 2.45) is 5.92 Å². The first-order valence-corrected chi connectivity index (χ1v) is 8.24. The summed E-state index contributed by atoms with van der Waals surface area (Å²) in [6.07, 6.45) is 7.54. The fraction of sp³-hybridized carbons (Fsp3) is 0.706. The van der Waals surface area contributed by atoms with Gasteiger partial charge >= 0.3 is 0 Å². The van der Waals surface area contributed by atoms with E-state index in [1.165, 1.54) is 19.3 Å². The Morgan fingerprint density at radius 2 is 2.18 bits per heavy atom. The van der Waals surface area contributed by atoms with Crippen molar-refractivity contribution in [2.75, 3.05) is 13.2 Å². The minimum absolute atomic E-state index is 0.0543. The molecular weight excluding hydrogens is 280 g/mol. The molecule has 5 nitrogen and oxygen atoms in total. The number of furan rings is 1. The Balaban J connectivity index is 1.82. The van der Waals surface area contributed by atoms with Gasteiger partial charge in [-0.05, 0) is 44.7 Å². The van der Waals surface area contributed by atoms with Gasteiger partial charge in [0.1, 0.15) is 5.76 Å². The molecule has 0 spiro atoms. The lowest BCUT2D eigenvalue weighted by atomic mass is 9.76. The van der Waals surface area contributed by atoms with Crippen molar-refractivity contribution in [3.63, 3.8) is 0 Å². The number of hydrogen-bond donors (Lipinski definition) is 3. The molecule has 124 valence electrons. The molecule has 1 heterocycles. The third-order valence-corrected chi connectivity index (χ3v) is 4.83. The average molecular weight is 308 g/mol. The molecule has 1 saturated carbocycles. The fourth-order valence-corrected chi connectivity index (χ4v) is 3.25. The maximum absolute atomic E-state index is 12.1. The lowest BCUT2D eigenvalue weighted by molar-refractivity contribution is -0.121. The van der Waals surface area contributed by atoms with E-state index in [0.717, 1.165) is 18.6 Å². The van der Waals surface area contributed by atoms with E-state index in [2.05, 4.69) is 10.6 Å². The number of hydrogen-bond acceptors (Lipinski definition) is 4. The van der Waals surface area contributed by atoms with Gasteiger partial charge in [0, 0.05) is 5.54 Å². The number of rotatable bonds is 7. The molecule has 0 aromatic carbocycles. The molecule has 0 saturated heterocycles. The highest BCUT2D eigenvalue weighted by molar-refractivity contribution is 5.78. The van der Waals surface area contributed by atoms with Crippen molar-refractivity contribution in [3.8, 4) is 0 Å². The van der Waals surface area contributed by atoms with Crippen LogP contribution in [0, 0.1) is 5.92 Å². The first kappa shape index (κ1) is 17.0. The fourth-order valence-electron chi connectivity index (χ4n) is 3.25. The molecule has 0 bridgehead atoms. The molecular formula is C17H28N2O3. The van der Waals surface area contributed by atoms with Crippen molar-refractivity contribution in [3.05, 3.63) is 24.2 Å². The highest BCUT2D eigenvalue weighted by atomic mass is 16.3. The van der Waals surface area contributed by atoms with E-state index < -0.39 is 0 Å². The molecule has 1 aliphatic carbocycles. The molecule has 0 radical (unpaired) electrons. The van der Waals surface area contributed by atoms with Crippen molar-refractivity contribution in [1.29, 1.82) is 0 Å². The Kier molecular flexibility index (Phi) is 6.03. The zero-order valence-corrected chi connectivity index (χ0v) is 13.6. The van der Waals surface area contributed by atoms with Crippen LogP contribution in [0.3, 0.4) is 0 Å². The van der Waals surface area contributed by atoms with E-state index in [-0.39, 0.29) is 30.6 Å². The molecule has 0 aliphatic heterocycles. The van der Waals surface area contributed by atoms with E-state index >= 15 is 0 Å². The number of aliphatic hydroxyl groups excluding tert-OH is 1. The summed E-state index contributed by atoms with van der Waals surface area (Å²) in [4.78, 5) is 12.1. The topological polar surface area (TPSA) is 74.5 Å². The van der Waals surface area contributed by atoms with E-state index in [0.29, 0.717) is 5.92 Å². The minimum Gasteiger partial charge on any atom is -0.467 e. The number of amides is 1. The summed E-state index contributed by atoms with van der Waals surface area (Å²) in [6.45, 7) is 4.17. The number of carbonyl (C=O) groups excluding carboxylic acids is 1. The first-order chi connectivity index (χ1) is 10.5. The zero-order chi connectivity index (χ0) is 16.0. The van der Waals surface area contributed by atoms with E-state index in [1.54, 1.807) is 6.26 Å². The van der Waals surface area contributed by atoms with Gasteiger partial charge in [0.25, 0.3) is 0 Å². The highest BCUT2D eigenvalue weighted by Gasteiger charge is 2.34. The predicted octanol–water partition coefficient (Wildman–Crippen LogP) is 2.38. The summed E-state index contributed by atoms with van der Waals surface area (Å²) >= 11 is 0. The summed E-state index contributed by atoms with van der Waals surface area (Å²) in [6, 6.07) is 3.50. The van der Waals surface area contributed by atoms with Crippen LogP contribution in [0.5, 0.6) is 0 Å². The molecule has 1 aromatic heterocycles. The average Bonchev–Trinajstić information content (AvgIpc) is 3.08. The second-order valence-corrected chi connectivity index (χ2v) is 6.57. The van der Waals surface area contributed by atoms with Crippen LogP contribution in [-0.4, -0.2) is 29.7 Å². The largest absolute Gasteiger partial charge is 0.467 e. The second kappa shape index (κ2) is 7.79.